The van der Waals surface area contributed by atoms with Crippen molar-refractivity contribution in [1.29, 1.82) is 0 Å². The van der Waals surface area contributed by atoms with E-state index in [9.17, 15) is 41.1 Å². The summed E-state index contributed by atoms with van der Waals surface area (Å²) in [6.07, 6.45) is -1.26. The van der Waals surface area contributed by atoms with Crippen molar-refractivity contribution >= 4 is 45.1 Å². The van der Waals surface area contributed by atoms with Crippen LogP contribution in [-0.2, 0) is 20.8 Å². The van der Waals surface area contributed by atoms with Crippen molar-refractivity contribution in [3.05, 3.63) is 53.6 Å². The second-order valence-electron chi connectivity index (χ2n) is 10.9. The number of amides is 4. The van der Waals surface area contributed by atoms with Gasteiger partial charge in [0.1, 0.15) is 0 Å². The maximum atomic E-state index is 13.4. The minimum Gasteiger partial charge on any atom is -0.393 e. The van der Waals surface area contributed by atoms with Gasteiger partial charge in [-0.15, -0.1) is 11.8 Å². The van der Waals surface area contributed by atoms with Gasteiger partial charge in [0, 0.05) is 24.0 Å². The van der Waals surface area contributed by atoms with E-state index < -0.39 is 69.6 Å². The topological polar surface area (TPSA) is 145 Å². The van der Waals surface area contributed by atoms with Crippen LogP contribution in [0.4, 0.5) is 23.7 Å². The monoisotopic (exact) mass is 656 g/mol. The summed E-state index contributed by atoms with van der Waals surface area (Å²) in [6, 6.07) is 7.55. The normalized spacial score (nSPS) is 20.7. The highest BCUT2D eigenvalue weighted by atomic mass is 32.2. The smallest absolute Gasteiger partial charge is 0.393 e. The van der Waals surface area contributed by atoms with Crippen molar-refractivity contribution in [3.8, 4) is 0 Å². The van der Waals surface area contributed by atoms with E-state index in [0.29, 0.717) is 32.0 Å². The van der Waals surface area contributed by atoms with Crippen molar-refractivity contribution in [2.24, 2.45) is 5.92 Å². The molecule has 1 saturated carbocycles. The number of rotatable bonds is 9. The molecule has 1 aliphatic carbocycles. The van der Waals surface area contributed by atoms with Gasteiger partial charge >= 0.3 is 12.2 Å². The van der Waals surface area contributed by atoms with Gasteiger partial charge in [0.25, 0.3) is 5.91 Å². The number of sulfone groups is 1. The number of alkyl halides is 3. The molecule has 1 aliphatic heterocycles. The first-order chi connectivity index (χ1) is 20.8. The minimum absolute atomic E-state index is 0.103. The second-order valence-corrected chi connectivity index (χ2v) is 13.8. The van der Waals surface area contributed by atoms with E-state index in [2.05, 4.69) is 16.0 Å². The molecule has 4 N–H and O–H groups in total. The molecule has 0 bridgehead atoms. The van der Waals surface area contributed by atoms with Gasteiger partial charge in [0.05, 0.1) is 40.1 Å². The summed E-state index contributed by atoms with van der Waals surface area (Å²) in [6.45, 7) is 0.337. The van der Waals surface area contributed by atoms with E-state index in [4.69, 9.17) is 0 Å². The lowest BCUT2D eigenvalue weighted by atomic mass is 9.84. The Labute approximate surface area is 258 Å². The molecule has 10 nitrogen and oxygen atoms in total. The number of aliphatic hydroxyl groups excluding tert-OH is 1. The minimum atomic E-state index is -4.75. The van der Waals surface area contributed by atoms with Crippen LogP contribution in [0.25, 0.3) is 0 Å². The number of carbonyl (C=O) groups is 3. The fraction of sp³-hybridized carbons (Fsp3) is 0.483. The number of nitrogens with zero attached hydrogens (tertiary/aromatic N) is 1. The van der Waals surface area contributed by atoms with Crippen LogP contribution in [0, 0.1) is 5.92 Å². The van der Waals surface area contributed by atoms with E-state index in [1.54, 1.807) is 12.1 Å². The molecule has 0 radical (unpaired) electrons. The highest BCUT2D eigenvalue weighted by Crippen LogP contribution is 2.32. The summed E-state index contributed by atoms with van der Waals surface area (Å²) in [7, 11) is -3.71. The van der Waals surface area contributed by atoms with Gasteiger partial charge in [-0.3, -0.25) is 9.59 Å². The zero-order valence-electron chi connectivity index (χ0n) is 24.0. The van der Waals surface area contributed by atoms with E-state index >= 15 is 0 Å². The first kappa shape index (κ1) is 33.6. The van der Waals surface area contributed by atoms with Crippen LogP contribution in [-0.4, -0.2) is 80.1 Å². The zero-order valence-corrected chi connectivity index (χ0v) is 25.7. The Morgan fingerprint density at radius 1 is 1.05 bits per heavy atom. The Hall–Kier alpha value is -3.30. The van der Waals surface area contributed by atoms with Gasteiger partial charge in [-0.05, 0) is 86.7 Å². The number of likely N-dealkylation sites (tertiary alicyclic amines) is 1. The number of thioether (sulfide) groups is 1. The third-order valence-corrected chi connectivity index (χ3v) is 10.4. The van der Waals surface area contributed by atoms with E-state index in [1.807, 2.05) is 6.26 Å². The molecule has 4 rings (SSSR count). The molecule has 44 heavy (non-hydrogen) atoms. The first-order valence-corrected chi connectivity index (χ1v) is 17.0. The maximum Gasteiger partial charge on any atom is 0.416 e. The number of hydrogen-bond donors (Lipinski definition) is 4. The fourth-order valence-electron chi connectivity index (χ4n) is 5.39. The highest BCUT2D eigenvalue weighted by Gasteiger charge is 2.35. The summed E-state index contributed by atoms with van der Waals surface area (Å²) in [4.78, 5) is 41.0. The molecule has 4 amide bonds. The van der Waals surface area contributed by atoms with Crippen LogP contribution in [0.3, 0.4) is 0 Å². The number of nitrogens with one attached hydrogen (secondary N) is 3. The van der Waals surface area contributed by atoms with Crippen LogP contribution >= 0.6 is 11.8 Å². The Kier molecular flexibility index (Phi) is 10.8. The van der Waals surface area contributed by atoms with Crippen molar-refractivity contribution in [3.63, 3.8) is 0 Å². The number of urea groups is 1. The van der Waals surface area contributed by atoms with E-state index in [-0.39, 0.29) is 22.8 Å². The number of halogens is 3. The molecule has 2 aliphatic rings. The van der Waals surface area contributed by atoms with Gasteiger partial charge in [0.2, 0.25) is 5.91 Å². The molecule has 240 valence electrons. The molecule has 1 saturated heterocycles. The number of carbonyl (C=O) groups excluding carboxylic acids is 3. The lowest BCUT2D eigenvalue weighted by Gasteiger charge is -2.34. The maximum absolute atomic E-state index is 13.4. The average Bonchev–Trinajstić information content (AvgIpc) is 3.52. The van der Waals surface area contributed by atoms with E-state index in [1.165, 1.54) is 28.8 Å². The van der Waals surface area contributed by atoms with Crippen molar-refractivity contribution < 1.29 is 41.1 Å². The molecule has 0 spiro atoms. The van der Waals surface area contributed by atoms with Crippen molar-refractivity contribution in [1.82, 2.24) is 15.5 Å². The molecular formula is C29H35F3N4O6S2. The highest BCUT2D eigenvalue weighted by molar-refractivity contribution is 7.98. The predicted octanol–water partition coefficient (Wildman–Crippen LogP) is 3.90. The Bertz CT molecular complexity index is 1460. The van der Waals surface area contributed by atoms with Gasteiger partial charge in [-0.25, -0.2) is 13.2 Å². The summed E-state index contributed by atoms with van der Waals surface area (Å²) in [5.74, 6) is -2.50. The van der Waals surface area contributed by atoms with Crippen molar-refractivity contribution in [2.45, 2.75) is 60.2 Å². The second kappa shape index (κ2) is 14.2. The molecule has 1 heterocycles. The Morgan fingerprint density at radius 2 is 1.73 bits per heavy atom. The molecule has 2 aromatic carbocycles. The molecule has 0 unspecified atom stereocenters. The largest absolute Gasteiger partial charge is 0.416 e. The van der Waals surface area contributed by atoms with Gasteiger partial charge in [0.15, 0.2) is 9.84 Å². The van der Waals surface area contributed by atoms with Gasteiger partial charge < -0.3 is 26.0 Å². The SMILES string of the molecule is CSc1ccc(S(=O)(=O)C[C@@H]2CC[C@H](O)C[C@@H]2NC(=O)CNC(=O)c2cc(C(F)(F)F)ccc2NC(=O)N2CCCC2)cc1. The van der Waals surface area contributed by atoms with Crippen molar-refractivity contribution in [2.75, 3.05) is 37.0 Å². The Morgan fingerprint density at radius 3 is 2.36 bits per heavy atom. The third kappa shape index (κ3) is 8.66. The van der Waals surface area contributed by atoms with Crippen LogP contribution in [0.1, 0.15) is 48.0 Å². The molecular weight excluding hydrogens is 621 g/mol. The molecule has 3 atom stereocenters. The van der Waals surface area contributed by atoms with Crippen LogP contribution in [0.15, 0.2) is 52.3 Å². The fourth-order valence-corrected chi connectivity index (χ4v) is 7.51. The predicted molar refractivity (Wildman–Crippen MR) is 159 cm³/mol. The summed E-state index contributed by atoms with van der Waals surface area (Å²) in [5, 5.41) is 17.7. The number of benzene rings is 2. The third-order valence-electron chi connectivity index (χ3n) is 7.80. The number of anilines is 1. The zero-order chi connectivity index (χ0) is 32.1. The standard InChI is InChI=1S/C29H35F3N4O6S2/c1-43-21-7-9-22(10-8-21)44(41,42)17-18-4-6-20(37)15-25(18)34-26(38)16-33-27(39)23-14-19(29(30,31)32)5-11-24(23)35-28(40)36-12-2-3-13-36/h5,7-11,14,18,20,25,37H,2-4,6,12-13,15-17H2,1H3,(H,33,39)(H,34,38)(H,35,40)/t18-,20-,25-/m0/s1. The molecule has 0 aromatic heterocycles. The first-order valence-electron chi connectivity index (χ1n) is 14.2. The number of hydrogen-bond acceptors (Lipinski definition) is 7. The molecule has 15 heteroatoms. The van der Waals surface area contributed by atoms with Crippen LogP contribution < -0.4 is 16.0 Å². The molecule has 2 aromatic rings. The van der Waals surface area contributed by atoms with E-state index in [0.717, 1.165) is 29.9 Å². The summed E-state index contributed by atoms with van der Waals surface area (Å²) < 4.78 is 66.5. The quantitative estimate of drug-likeness (QED) is 0.300. The van der Waals surface area contributed by atoms with Crippen LogP contribution in [0.5, 0.6) is 0 Å². The lowest BCUT2D eigenvalue weighted by Crippen LogP contribution is -2.50. The summed E-state index contributed by atoms with van der Waals surface area (Å²) >= 11 is 1.48. The Balaban J connectivity index is 1.42. The molecule has 2 fully saturated rings. The average molecular weight is 657 g/mol. The lowest BCUT2D eigenvalue weighted by molar-refractivity contribution is -0.137. The number of aliphatic hydroxyl groups is 1. The van der Waals surface area contributed by atoms with Gasteiger partial charge in [-0.2, -0.15) is 13.2 Å². The van der Waals surface area contributed by atoms with Crippen LogP contribution in [0.2, 0.25) is 0 Å². The summed E-state index contributed by atoms with van der Waals surface area (Å²) in [5.41, 5.74) is -1.71. The van der Waals surface area contributed by atoms with Gasteiger partial charge in [-0.1, -0.05) is 0 Å².